The number of nitrogens with zero attached hydrogens (tertiary/aromatic N) is 3. The largest absolute Gasteiger partial charge is 0.482 e. The second-order valence-corrected chi connectivity index (χ2v) is 6.22. The normalized spacial score (nSPS) is 11.1. The van der Waals surface area contributed by atoms with E-state index in [1.165, 1.54) is 6.07 Å². The van der Waals surface area contributed by atoms with E-state index in [0.717, 1.165) is 16.9 Å². The van der Waals surface area contributed by atoms with Crippen LogP contribution in [0.4, 0.5) is 5.69 Å². The monoisotopic (exact) mass is 371 g/mol. The Morgan fingerprint density at radius 3 is 2.64 bits per heavy atom. The molecule has 2 aromatic carbocycles. The second kappa shape index (κ2) is 7.75. The fraction of sp³-hybridized carbons (Fsp3) is 0.0455. The molecule has 0 aliphatic heterocycles. The molecular weight excluding hydrogens is 354 g/mol. The Bertz CT molecular complexity index is 1120. The summed E-state index contributed by atoms with van der Waals surface area (Å²) < 4.78 is 7.58. The third kappa shape index (κ3) is 3.91. The number of fused-ring (bicyclic) bond motifs is 1. The van der Waals surface area contributed by atoms with Gasteiger partial charge >= 0.3 is 5.69 Å². The summed E-state index contributed by atoms with van der Waals surface area (Å²) in [4.78, 5) is 15.5. The topological polar surface area (TPSA) is 69.7 Å². The Balaban J connectivity index is 1.54. The molecule has 6 nitrogen and oxygen atoms in total. The summed E-state index contributed by atoms with van der Waals surface area (Å²) in [5.41, 5.74) is 3.22. The zero-order valence-corrected chi connectivity index (χ0v) is 14.9. The van der Waals surface area contributed by atoms with Crippen LogP contribution >= 0.6 is 0 Å². The van der Waals surface area contributed by atoms with Crippen LogP contribution in [0, 0.1) is 10.1 Å². The minimum Gasteiger partial charge on any atom is -0.482 e. The quantitative estimate of drug-likeness (QED) is 0.354. The Labute approximate surface area is 161 Å². The van der Waals surface area contributed by atoms with Crippen LogP contribution in [-0.2, 0) is 6.61 Å². The lowest BCUT2D eigenvalue weighted by molar-refractivity contribution is -0.386. The smallest absolute Gasteiger partial charge is 0.311 e. The lowest BCUT2D eigenvalue weighted by Crippen LogP contribution is -1.99. The van der Waals surface area contributed by atoms with E-state index >= 15 is 0 Å². The van der Waals surface area contributed by atoms with Crippen molar-refractivity contribution in [1.29, 1.82) is 0 Å². The molecule has 2 heterocycles. The van der Waals surface area contributed by atoms with Gasteiger partial charge < -0.3 is 9.14 Å². The summed E-state index contributed by atoms with van der Waals surface area (Å²) in [7, 11) is 0. The molecule has 0 atom stereocenters. The van der Waals surface area contributed by atoms with Crippen LogP contribution in [0.3, 0.4) is 0 Å². The fourth-order valence-electron chi connectivity index (χ4n) is 2.85. The summed E-state index contributed by atoms with van der Waals surface area (Å²) in [6.07, 6.45) is 7.45. The minimum atomic E-state index is -0.428. The van der Waals surface area contributed by atoms with E-state index in [1.54, 1.807) is 18.2 Å². The van der Waals surface area contributed by atoms with Crippen LogP contribution in [0.25, 0.3) is 17.8 Å². The van der Waals surface area contributed by atoms with Crippen molar-refractivity contribution in [3.63, 3.8) is 0 Å². The molecule has 0 bridgehead atoms. The van der Waals surface area contributed by atoms with Gasteiger partial charge in [0.1, 0.15) is 12.3 Å². The highest BCUT2D eigenvalue weighted by molar-refractivity contribution is 5.71. The molecular formula is C22H17N3O3. The Hall–Kier alpha value is -3.93. The van der Waals surface area contributed by atoms with Gasteiger partial charge in [-0.25, -0.2) is 4.98 Å². The molecule has 4 rings (SSSR count). The third-order valence-corrected chi connectivity index (χ3v) is 4.25. The summed E-state index contributed by atoms with van der Waals surface area (Å²) >= 11 is 0. The van der Waals surface area contributed by atoms with Crippen molar-refractivity contribution < 1.29 is 9.66 Å². The summed E-state index contributed by atoms with van der Waals surface area (Å²) in [5, 5.41) is 11.5. The molecule has 0 aliphatic carbocycles. The predicted molar refractivity (Wildman–Crippen MR) is 108 cm³/mol. The van der Waals surface area contributed by atoms with Gasteiger partial charge in [-0.2, -0.15) is 0 Å². The highest BCUT2D eigenvalue weighted by Crippen LogP contribution is 2.29. The van der Waals surface area contributed by atoms with Crippen molar-refractivity contribution in [2.75, 3.05) is 0 Å². The van der Waals surface area contributed by atoms with Crippen molar-refractivity contribution >= 4 is 23.5 Å². The highest BCUT2D eigenvalue weighted by Gasteiger charge is 2.15. The van der Waals surface area contributed by atoms with Gasteiger partial charge in [0.15, 0.2) is 5.75 Å². The average Bonchev–Trinajstić information content (AvgIpc) is 3.14. The molecule has 28 heavy (non-hydrogen) atoms. The number of hydrogen-bond donors (Lipinski definition) is 0. The molecule has 0 saturated heterocycles. The summed E-state index contributed by atoms with van der Waals surface area (Å²) in [6, 6.07) is 20.2. The minimum absolute atomic E-state index is 0.0620. The molecule has 4 aromatic rings. The van der Waals surface area contributed by atoms with Crippen LogP contribution in [0.2, 0.25) is 0 Å². The lowest BCUT2D eigenvalue weighted by atomic mass is 10.1. The number of pyridine rings is 1. The number of nitro groups is 1. The predicted octanol–water partition coefficient (Wildman–Crippen LogP) is 4.99. The number of aromatic nitrogens is 2. The standard InChI is InChI=1S/C22H17N3O3/c26-25(27)20-14-17(9-11-19-15-24-13-5-4-8-22(24)23-19)10-12-21(20)28-16-18-6-2-1-3-7-18/h1-15H,16H2/b11-9+. The number of rotatable bonds is 6. The Morgan fingerprint density at radius 1 is 1.04 bits per heavy atom. The zero-order chi connectivity index (χ0) is 19.3. The second-order valence-electron chi connectivity index (χ2n) is 6.22. The summed E-state index contributed by atoms with van der Waals surface area (Å²) in [6.45, 7) is 0.276. The van der Waals surface area contributed by atoms with Crippen molar-refractivity contribution in [2.45, 2.75) is 6.61 Å². The first-order valence-electron chi connectivity index (χ1n) is 8.76. The van der Waals surface area contributed by atoms with E-state index in [4.69, 9.17) is 4.74 Å². The molecule has 2 aromatic heterocycles. The van der Waals surface area contributed by atoms with E-state index in [-0.39, 0.29) is 18.0 Å². The molecule has 0 unspecified atom stereocenters. The maximum absolute atomic E-state index is 11.5. The molecule has 0 spiro atoms. The molecule has 0 radical (unpaired) electrons. The Kier molecular flexibility index (Phi) is 4.84. The average molecular weight is 371 g/mol. The molecule has 6 heteroatoms. The van der Waals surface area contributed by atoms with Crippen molar-refractivity contribution in [2.24, 2.45) is 0 Å². The van der Waals surface area contributed by atoms with Crippen LogP contribution < -0.4 is 4.74 Å². The zero-order valence-electron chi connectivity index (χ0n) is 14.9. The van der Waals surface area contributed by atoms with Gasteiger partial charge in [0.05, 0.1) is 10.6 Å². The van der Waals surface area contributed by atoms with Crippen LogP contribution in [0.15, 0.2) is 79.1 Å². The summed E-state index contributed by atoms with van der Waals surface area (Å²) in [5.74, 6) is 0.249. The van der Waals surface area contributed by atoms with Crippen LogP contribution in [0.1, 0.15) is 16.8 Å². The highest BCUT2D eigenvalue weighted by atomic mass is 16.6. The number of ether oxygens (including phenoxy) is 1. The van der Waals surface area contributed by atoms with Crippen LogP contribution in [-0.4, -0.2) is 14.3 Å². The Morgan fingerprint density at radius 2 is 1.86 bits per heavy atom. The number of hydrogen-bond acceptors (Lipinski definition) is 4. The molecule has 0 aliphatic rings. The van der Waals surface area contributed by atoms with Gasteiger partial charge in [0.25, 0.3) is 0 Å². The van der Waals surface area contributed by atoms with Gasteiger partial charge in [-0.3, -0.25) is 10.1 Å². The first-order valence-corrected chi connectivity index (χ1v) is 8.76. The number of imidazole rings is 1. The van der Waals surface area contributed by atoms with Crippen LogP contribution in [0.5, 0.6) is 5.75 Å². The van der Waals surface area contributed by atoms with E-state index in [0.29, 0.717) is 5.56 Å². The number of nitro benzene ring substituents is 1. The van der Waals surface area contributed by atoms with Gasteiger partial charge in [-0.15, -0.1) is 0 Å². The van der Waals surface area contributed by atoms with E-state index in [2.05, 4.69) is 4.98 Å². The lowest BCUT2D eigenvalue weighted by Gasteiger charge is -2.07. The maximum atomic E-state index is 11.5. The van der Waals surface area contributed by atoms with Gasteiger partial charge in [-0.1, -0.05) is 48.5 Å². The molecule has 0 fully saturated rings. The van der Waals surface area contributed by atoms with E-state index < -0.39 is 4.92 Å². The molecule has 138 valence electrons. The molecule has 0 amide bonds. The van der Waals surface area contributed by atoms with E-state index in [1.807, 2.05) is 71.4 Å². The first-order chi connectivity index (χ1) is 13.7. The van der Waals surface area contributed by atoms with Gasteiger partial charge in [0, 0.05) is 18.5 Å². The number of benzene rings is 2. The van der Waals surface area contributed by atoms with Gasteiger partial charge in [0.2, 0.25) is 0 Å². The molecule has 0 saturated carbocycles. The first kappa shape index (κ1) is 17.5. The van der Waals surface area contributed by atoms with Crippen molar-refractivity contribution in [1.82, 2.24) is 9.38 Å². The maximum Gasteiger partial charge on any atom is 0.311 e. The SMILES string of the molecule is O=[N+]([O-])c1cc(/C=C/c2cn3ccccc3n2)ccc1OCc1ccccc1. The fourth-order valence-corrected chi connectivity index (χ4v) is 2.85. The van der Waals surface area contributed by atoms with E-state index in [9.17, 15) is 10.1 Å². The van der Waals surface area contributed by atoms with Gasteiger partial charge in [-0.05, 0) is 35.4 Å². The van der Waals surface area contributed by atoms with Crippen molar-refractivity contribution in [3.8, 4) is 5.75 Å². The van der Waals surface area contributed by atoms with Crippen molar-refractivity contribution in [3.05, 3.63) is 106 Å². The molecule has 0 N–H and O–H groups in total. The third-order valence-electron chi connectivity index (χ3n) is 4.25.